The number of ether oxygens (including phenoxy) is 1. The molecular weight excluding hydrogens is 216 g/mol. The van der Waals surface area contributed by atoms with Crippen LogP contribution in [0.3, 0.4) is 0 Å². The Morgan fingerprint density at radius 2 is 1.82 bits per heavy atom. The number of cyclic esters (lactones) is 2. The zero-order valence-electron chi connectivity index (χ0n) is 9.26. The lowest BCUT2D eigenvalue weighted by Crippen LogP contribution is -2.19. The van der Waals surface area contributed by atoms with E-state index in [9.17, 15) is 9.59 Å². The van der Waals surface area contributed by atoms with Gasteiger partial charge in [0.05, 0.1) is 11.8 Å². The first-order valence-electron chi connectivity index (χ1n) is 5.77. The number of fused-ring (bicyclic) bond motifs is 1. The molecule has 1 aliphatic heterocycles. The fraction of sp³-hybridized carbons (Fsp3) is 0.286. The topological polar surface area (TPSA) is 43.4 Å². The highest BCUT2D eigenvalue weighted by molar-refractivity contribution is 5.99. The summed E-state index contributed by atoms with van der Waals surface area (Å²) >= 11 is 0. The third kappa shape index (κ3) is 1.68. The summed E-state index contributed by atoms with van der Waals surface area (Å²) in [5, 5.41) is 0. The average molecular weight is 228 g/mol. The first kappa shape index (κ1) is 10.3. The lowest BCUT2D eigenvalue weighted by atomic mass is 9.80. The van der Waals surface area contributed by atoms with Crippen LogP contribution in [0.15, 0.2) is 36.4 Å². The molecule has 1 aliphatic carbocycles. The molecule has 17 heavy (non-hydrogen) atoms. The van der Waals surface area contributed by atoms with Crippen molar-refractivity contribution >= 4 is 17.5 Å². The zero-order chi connectivity index (χ0) is 11.8. The number of rotatable bonds is 1. The van der Waals surface area contributed by atoms with Crippen molar-refractivity contribution in [2.45, 2.75) is 12.8 Å². The molecule has 2 aliphatic rings. The molecule has 0 unspecified atom stereocenters. The van der Waals surface area contributed by atoms with E-state index in [0.717, 1.165) is 17.6 Å². The molecule has 3 nitrogen and oxygen atoms in total. The molecule has 0 saturated carbocycles. The molecule has 0 spiro atoms. The van der Waals surface area contributed by atoms with Gasteiger partial charge in [-0.1, -0.05) is 36.4 Å². The monoisotopic (exact) mass is 228 g/mol. The van der Waals surface area contributed by atoms with Gasteiger partial charge < -0.3 is 4.74 Å². The maximum Gasteiger partial charge on any atom is 0.321 e. The van der Waals surface area contributed by atoms with Crippen molar-refractivity contribution in [3.05, 3.63) is 42.0 Å². The van der Waals surface area contributed by atoms with Crippen LogP contribution in [0.1, 0.15) is 18.4 Å². The first-order chi connectivity index (χ1) is 8.25. The summed E-state index contributed by atoms with van der Waals surface area (Å²) in [6.07, 6.45) is 3.43. The second-order valence-corrected chi connectivity index (χ2v) is 4.47. The molecule has 0 aromatic heterocycles. The van der Waals surface area contributed by atoms with Gasteiger partial charge in [-0.05, 0) is 24.0 Å². The van der Waals surface area contributed by atoms with Gasteiger partial charge in [0.15, 0.2) is 0 Å². The Kier molecular flexibility index (Phi) is 2.32. The summed E-state index contributed by atoms with van der Waals surface area (Å²) in [6, 6.07) is 9.95. The van der Waals surface area contributed by atoms with E-state index in [4.69, 9.17) is 0 Å². The second kappa shape index (κ2) is 3.84. The van der Waals surface area contributed by atoms with E-state index in [0.29, 0.717) is 6.42 Å². The van der Waals surface area contributed by atoms with Crippen LogP contribution < -0.4 is 0 Å². The normalized spacial score (nSPS) is 27.4. The molecule has 1 fully saturated rings. The predicted octanol–water partition coefficient (Wildman–Crippen LogP) is 2.18. The fourth-order valence-corrected chi connectivity index (χ4v) is 2.54. The number of allylic oxidation sites excluding steroid dienone is 1. The van der Waals surface area contributed by atoms with Gasteiger partial charge in [-0.2, -0.15) is 0 Å². The van der Waals surface area contributed by atoms with Crippen molar-refractivity contribution in [2.75, 3.05) is 0 Å². The van der Waals surface area contributed by atoms with Crippen LogP contribution in [-0.4, -0.2) is 11.9 Å². The van der Waals surface area contributed by atoms with Crippen molar-refractivity contribution in [3.8, 4) is 0 Å². The number of esters is 2. The number of carbonyl (C=O) groups excluding carboxylic acids is 2. The van der Waals surface area contributed by atoms with Gasteiger partial charge >= 0.3 is 11.9 Å². The Labute approximate surface area is 99.1 Å². The Balaban J connectivity index is 1.95. The molecular formula is C14H12O3. The standard InChI is InChI=1S/C14H12O3/c15-13-11-7-6-10(8-12(11)14(16)17-13)9-4-2-1-3-5-9/h1-5,8,11-12H,6-7H2/t11-,12+/m0/s1. The highest BCUT2D eigenvalue weighted by Gasteiger charge is 2.44. The molecule has 86 valence electrons. The molecule has 3 heteroatoms. The Hall–Kier alpha value is -1.90. The van der Waals surface area contributed by atoms with Gasteiger partial charge in [0.1, 0.15) is 0 Å². The largest absolute Gasteiger partial charge is 0.392 e. The molecule has 0 N–H and O–H groups in total. The summed E-state index contributed by atoms with van der Waals surface area (Å²) in [5.74, 6) is -1.38. The van der Waals surface area contributed by atoms with Crippen molar-refractivity contribution in [1.29, 1.82) is 0 Å². The minimum atomic E-state index is -0.395. The summed E-state index contributed by atoms with van der Waals surface area (Å²) in [6.45, 7) is 0. The van der Waals surface area contributed by atoms with Gasteiger partial charge in [0.25, 0.3) is 0 Å². The van der Waals surface area contributed by atoms with E-state index in [2.05, 4.69) is 4.74 Å². The first-order valence-corrected chi connectivity index (χ1v) is 5.77. The molecule has 2 atom stereocenters. The third-order valence-electron chi connectivity index (χ3n) is 3.46. The number of carbonyl (C=O) groups is 2. The van der Waals surface area contributed by atoms with E-state index >= 15 is 0 Å². The van der Waals surface area contributed by atoms with Gasteiger partial charge in [-0.3, -0.25) is 9.59 Å². The van der Waals surface area contributed by atoms with E-state index < -0.39 is 5.97 Å². The average Bonchev–Trinajstić information content (AvgIpc) is 2.66. The van der Waals surface area contributed by atoms with E-state index in [1.165, 1.54) is 0 Å². The van der Waals surface area contributed by atoms with Crippen molar-refractivity contribution in [2.24, 2.45) is 11.8 Å². The van der Waals surface area contributed by atoms with Gasteiger partial charge in [0, 0.05) is 0 Å². The molecule has 1 saturated heterocycles. The quantitative estimate of drug-likeness (QED) is 0.546. The van der Waals surface area contributed by atoms with Crippen LogP contribution in [0.4, 0.5) is 0 Å². The van der Waals surface area contributed by atoms with E-state index in [1.54, 1.807) is 0 Å². The highest BCUT2D eigenvalue weighted by Crippen LogP contribution is 2.38. The molecule has 0 amide bonds. The van der Waals surface area contributed by atoms with Crippen LogP contribution >= 0.6 is 0 Å². The number of benzene rings is 1. The molecule has 1 aromatic carbocycles. The van der Waals surface area contributed by atoms with Crippen molar-refractivity contribution < 1.29 is 14.3 Å². The molecule has 1 aromatic rings. The van der Waals surface area contributed by atoms with Crippen LogP contribution in [0.25, 0.3) is 5.57 Å². The zero-order valence-corrected chi connectivity index (χ0v) is 9.26. The van der Waals surface area contributed by atoms with E-state index in [1.807, 2.05) is 36.4 Å². The fourth-order valence-electron chi connectivity index (χ4n) is 2.54. The summed E-state index contributed by atoms with van der Waals surface area (Å²) in [4.78, 5) is 22.9. The van der Waals surface area contributed by atoms with Gasteiger partial charge in [-0.15, -0.1) is 0 Å². The van der Waals surface area contributed by atoms with Crippen molar-refractivity contribution in [3.63, 3.8) is 0 Å². The third-order valence-corrected chi connectivity index (χ3v) is 3.46. The van der Waals surface area contributed by atoms with Gasteiger partial charge in [-0.25, -0.2) is 0 Å². The summed E-state index contributed by atoms with van der Waals surface area (Å²) in [5.41, 5.74) is 2.26. The minimum Gasteiger partial charge on any atom is -0.392 e. The Bertz CT molecular complexity index is 501. The minimum absolute atomic E-state index is 0.255. The van der Waals surface area contributed by atoms with Crippen LogP contribution in [0.5, 0.6) is 0 Å². The highest BCUT2D eigenvalue weighted by atomic mass is 16.6. The predicted molar refractivity (Wildman–Crippen MR) is 61.7 cm³/mol. The number of hydrogen-bond donors (Lipinski definition) is 0. The lowest BCUT2D eigenvalue weighted by Gasteiger charge is -2.19. The Morgan fingerprint density at radius 1 is 1.06 bits per heavy atom. The summed E-state index contributed by atoms with van der Waals surface area (Å²) in [7, 11) is 0. The molecule has 0 radical (unpaired) electrons. The van der Waals surface area contributed by atoms with E-state index in [-0.39, 0.29) is 17.8 Å². The maximum atomic E-state index is 11.5. The maximum absolute atomic E-state index is 11.5. The van der Waals surface area contributed by atoms with Crippen LogP contribution in [0, 0.1) is 11.8 Å². The van der Waals surface area contributed by atoms with Gasteiger partial charge in [0.2, 0.25) is 0 Å². The van der Waals surface area contributed by atoms with Crippen molar-refractivity contribution in [1.82, 2.24) is 0 Å². The SMILES string of the molecule is O=C1OC(=O)[C@@H]2C=C(c3ccccc3)CC[C@H]12. The molecule has 1 heterocycles. The lowest BCUT2D eigenvalue weighted by molar-refractivity contribution is -0.153. The van der Waals surface area contributed by atoms with Crippen LogP contribution in [0.2, 0.25) is 0 Å². The Morgan fingerprint density at radius 3 is 2.59 bits per heavy atom. The number of hydrogen-bond acceptors (Lipinski definition) is 3. The molecule has 0 bridgehead atoms. The molecule has 3 rings (SSSR count). The summed E-state index contributed by atoms with van der Waals surface area (Å²) < 4.78 is 4.67. The van der Waals surface area contributed by atoms with Crippen LogP contribution in [-0.2, 0) is 14.3 Å². The smallest absolute Gasteiger partial charge is 0.321 e. The second-order valence-electron chi connectivity index (χ2n) is 4.47.